The van der Waals surface area contributed by atoms with Crippen LogP contribution in [0.25, 0.3) is 16.3 Å². The maximum absolute atomic E-state index is 13.3. The van der Waals surface area contributed by atoms with E-state index in [1.54, 1.807) is 7.11 Å². The van der Waals surface area contributed by atoms with Crippen molar-refractivity contribution in [2.75, 3.05) is 58.3 Å². The van der Waals surface area contributed by atoms with Gasteiger partial charge in [-0.2, -0.15) is 0 Å². The van der Waals surface area contributed by atoms with E-state index in [2.05, 4.69) is 65.4 Å². The number of fused-ring (bicyclic) bond motifs is 1. The molecular formula is C28H31N3O2. The van der Waals surface area contributed by atoms with Gasteiger partial charge in [-0.25, -0.2) is 0 Å². The molecule has 33 heavy (non-hydrogen) atoms. The van der Waals surface area contributed by atoms with Crippen LogP contribution in [0.3, 0.4) is 0 Å². The molecule has 5 nitrogen and oxygen atoms in total. The van der Waals surface area contributed by atoms with E-state index in [9.17, 15) is 4.79 Å². The molecule has 0 atom stereocenters. The van der Waals surface area contributed by atoms with E-state index in [4.69, 9.17) is 4.74 Å². The van der Waals surface area contributed by atoms with Crippen LogP contribution in [-0.4, -0.2) is 69.1 Å². The summed E-state index contributed by atoms with van der Waals surface area (Å²) in [4.78, 5) is 19.9. The largest absolute Gasteiger partial charge is 0.497 e. The van der Waals surface area contributed by atoms with Crippen molar-refractivity contribution in [2.45, 2.75) is 6.42 Å². The predicted octanol–water partition coefficient (Wildman–Crippen LogP) is 4.53. The van der Waals surface area contributed by atoms with Gasteiger partial charge in [0.2, 0.25) is 0 Å². The van der Waals surface area contributed by atoms with E-state index in [0.717, 1.165) is 55.0 Å². The molecule has 0 aromatic heterocycles. The van der Waals surface area contributed by atoms with Gasteiger partial charge in [0.1, 0.15) is 5.75 Å². The summed E-state index contributed by atoms with van der Waals surface area (Å²) in [5.41, 5.74) is 4.62. The molecule has 5 heteroatoms. The van der Waals surface area contributed by atoms with Crippen molar-refractivity contribution in [3.8, 4) is 5.75 Å². The van der Waals surface area contributed by atoms with Gasteiger partial charge in [-0.1, -0.05) is 36.4 Å². The second-order valence-corrected chi connectivity index (χ2v) is 8.96. The number of anilines is 1. The lowest BCUT2D eigenvalue weighted by Gasteiger charge is -2.36. The van der Waals surface area contributed by atoms with Crippen molar-refractivity contribution in [1.82, 2.24) is 9.80 Å². The zero-order valence-corrected chi connectivity index (χ0v) is 19.5. The highest BCUT2D eigenvalue weighted by Crippen LogP contribution is 2.30. The molecule has 170 valence electrons. The van der Waals surface area contributed by atoms with E-state index in [0.29, 0.717) is 13.1 Å². The lowest BCUT2D eigenvalue weighted by atomic mass is 9.93. The lowest BCUT2D eigenvalue weighted by molar-refractivity contribution is 0.0747. The predicted molar refractivity (Wildman–Crippen MR) is 135 cm³/mol. The Balaban J connectivity index is 1.31. The monoisotopic (exact) mass is 441 g/mol. The molecule has 0 bridgehead atoms. The molecule has 1 saturated heterocycles. The molecule has 5 rings (SSSR count). The SMILES string of the molecule is COc1cccc(N2CCN(C(=O)c3ccc4c(C5=CCN(C)CC5)cccc4c3)CC2)c1. The normalized spacial score (nSPS) is 17.2. The van der Waals surface area contributed by atoms with Crippen molar-refractivity contribution in [3.05, 3.63) is 77.9 Å². The van der Waals surface area contributed by atoms with Crippen LogP contribution < -0.4 is 9.64 Å². The summed E-state index contributed by atoms with van der Waals surface area (Å²) in [6.07, 6.45) is 3.40. The fraction of sp³-hybridized carbons (Fsp3) is 0.321. The zero-order valence-electron chi connectivity index (χ0n) is 19.5. The van der Waals surface area contributed by atoms with Crippen molar-refractivity contribution in [3.63, 3.8) is 0 Å². The summed E-state index contributed by atoms with van der Waals surface area (Å²) in [7, 11) is 3.84. The van der Waals surface area contributed by atoms with Crippen LogP contribution in [0.1, 0.15) is 22.3 Å². The Kier molecular flexibility index (Phi) is 6.05. The Morgan fingerprint density at radius 3 is 2.48 bits per heavy atom. The second-order valence-electron chi connectivity index (χ2n) is 8.96. The Morgan fingerprint density at radius 1 is 0.909 bits per heavy atom. The summed E-state index contributed by atoms with van der Waals surface area (Å²) in [5.74, 6) is 0.976. The first-order chi connectivity index (χ1) is 16.1. The molecule has 1 amide bonds. The maximum Gasteiger partial charge on any atom is 0.253 e. The number of hydrogen-bond acceptors (Lipinski definition) is 4. The van der Waals surface area contributed by atoms with Gasteiger partial charge in [-0.05, 0) is 59.6 Å². The summed E-state index contributed by atoms with van der Waals surface area (Å²) in [5, 5.41) is 2.36. The standard InChI is InChI=1S/C28H31N3O2/c1-29-13-11-21(12-14-29)26-8-3-5-22-19-23(9-10-27(22)26)28(32)31-17-15-30(16-18-31)24-6-4-7-25(20-24)33-2/h3-11,19-20H,12-18H2,1-2H3. The number of ether oxygens (including phenoxy) is 1. The third kappa shape index (κ3) is 4.46. The van der Waals surface area contributed by atoms with E-state index in [1.165, 1.54) is 16.5 Å². The van der Waals surface area contributed by atoms with Crippen LogP contribution >= 0.6 is 0 Å². The zero-order chi connectivity index (χ0) is 22.8. The molecule has 0 N–H and O–H groups in total. The number of carbonyl (C=O) groups excluding carboxylic acids is 1. The van der Waals surface area contributed by atoms with E-state index < -0.39 is 0 Å². The number of rotatable bonds is 4. The highest BCUT2D eigenvalue weighted by Gasteiger charge is 2.23. The molecule has 3 aromatic carbocycles. The van der Waals surface area contributed by atoms with Crippen molar-refractivity contribution in [2.24, 2.45) is 0 Å². The first-order valence-corrected chi connectivity index (χ1v) is 11.7. The lowest BCUT2D eigenvalue weighted by Crippen LogP contribution is -2.48. The molecule has 2 aliphatic rings. The number of amides is 1. The van der Waals surface area contributed by atoms with Crippen LogP contribution in [0.15, 0.2) is 66.7 Å². The number of benzene rings is 3. The van der Waals surface area contributed by atoms with Gasteiger partial charge in [0.15, 0.2) is 0 Å². The molecule has 1 fully saturated rings. The fourth-order valence-electron chi connectivity index (χ4n) is 4.87. The molecule has 0 radical (unpaired) electrons. The number of piperazine rings is 1. The summed E-state index contributed by atoms with van der Waals surface area (Å²) < 4.78 is 5.35. The van der Waals surface area contributed by atoms with Gasteiger partial charge < -0.3 is 19.4 Å². The molecule has 0 aliphatic carbocycles. The quantitative estimate of drug-likeness (QED) is 0.596. The summed E-state index contributed by atoms with van der Waals surface area (Å²) in [6, 6.07) is 20.7. The Bertz CT molecular complexity index is 1190. The number of likely N-dealkylation sites (N-methyl/N-ethyl adjacent to an activating group) is 1. The minimum atomic E-state index is 0.117. The Morgan fingerprint density at radius 2 is 1.73 bits per heavy atom. The molecule has 2 aliphatic heterocycles. The second kappa shape index (κ2) is 9.28. The van der Waals surface area contributed by atoms with Crippen molar-refractivity contribution < 1.29 is 9.53 Å². The topological polar surface area (TPSA) is 36.0 Å². The van der Waals surface area contributed by atoms with Crippen LogP contribution in [-0.2, 0) is 0 Å². The molecule has 0 saturated carbocycles. The minimum Gasteiger partial charge on any atom is -0.497 e. The van der Waals surface area contributed by atoms with Gasteiger partial charge in [0.05, 0.1) is 7.11 Å². The highest BCUT2D eigenvalue weighted by atomic mass is 16.5. The molecule has 0 unspecified atom stereocenters. The van der Waals surface area contributed by atoms with Crippen LogP contribution in [0.2, 0.25) is 0 Å². The molecule has 2 heterocycles. The van der Waals surface area contributed by atoms with Gasteiger partial charge >= 0.3 is 0 Å². The van der Waals surface area contributed by atoms with Crippen LogP contribution in [0.5, 0.6) is 5.75 Å². The summed E-state index contributed by atoms with van der Waals surface area (Å²) >= 11 is 0. The minimum absolute atomic E-state index is 0.117. The van der Waals surface area contributed by atoms with E-state index in [-0.39, 0.29) is 5.91 Å². The maximum atomic E-state index is 13.3. The molecule has 0 spiro atoms. The molecule has 3 aromatic rings. The average Bonchev–Trinajstić information content (AvgIpc) is 2.88. The van der Waals surface area contributed by atoms with Gasteiger partial charge in [0, 0.05) is 56.6 Å². The smallest absolute Gasteiger partial charge is 0.253 e. The number of carbonyl (C=O) groups is 1. The summed E-state index contributed by atoms with van der Waals surface area (Å²) in [6.45, 7) is 5.14. The first-order valence-electron chi connectivity index (χ1n) is 11.7. The number of methoxy groups -OCH3 is 1. The first kappa shape index (κ1) is 21.5. The van der Waals surface area contributed by atoms with Crippen LogP contribution in [0.4, 0.5) is 5.69 Å². The number of nitrogens with zero attached hydrogens (tertiary/aromatic N) is 3. The van der Waals surface area contributed by atoms with E-state index in [1.807, 2.05) is 23.1 Å². The molecular weight excluding hydrogens is 410 g/mol. The van der Waals surface area contributed by atoms with Crippen molar-refractivity contribution in [1.29, 1.82) is 0 Å². The van der Waals surface area contributed by atoms with Gasteiger partial charge in [-0.3, -0.25) is 4.79 Å². The van der Waals surface area contributed by atoms with E-state index >= 15 is 0 Å². The Hall–Kier alpha value is -3.31. The Labute approximate surface area is 195 Å². The van der Waals surface area contributed by atoms with Crippen molar-refractivity contribution >= 4 is 27.9 Å². The average molecular weight is 442 g/mol. The third-order valence-corrected chi connectivity index (χ3v) is 6.87. The van der Waals surface area contributed by atoms with Gasteiger partial charge in [0.25, 0.3) is 5.91 Å². The van der Waals surface area contributed by atoms with Crippen LogP contribution in [0, 0.1) is 0 Å². The third-order valence-electron chi connectivity index (χ3n) is 6.87. The highest BCUT2D eigenvalue weighted by molar-refractivity contribution is 6.01. The van der Waals surface area contributed by atoms with Gasteiger partial charge in [-0.15, -0.1) is 0 Å². The fourth-order valence-corrected chi connectivity index (χ4v) is 4.87. The number of hydrogen-bond donors (Lipinski definition) is 0.